The van der Waals surface area contributed by atoms with Crippen LogP contribution in [0.4, 0.5) is 8.78 Å². The Hall–Kier alpha value is -1.57. The van der Waals surface area contributed by atoms with Crippen LogP contribution in [0.1, 0.15) is 56.1 Å². The number of hydrogen-bond donors (Lipinski definition) is 0. The van der Waals surface area contributed by atoms with Crippen LogP contribution in [0.15, 0.2) is 29.6 Å². The van der Waals surface area contributed by atoms with E-state index in [9.17, 15) is 8.78 Å². The first-order valence-corrected chi connectivity index (χ1v) is 9.98. The molecule has 0 radical (unpaired) electrons. The second kappa shape index (κ2) is 8.20. The fourth-order valence-electron chi connectivity index (χ4n) is 3.09. The molecule has 2 aromatic rings. The maximum absolute atomic E-state index is 12.3. The van der Waals surface area contributed by atoms with E-state index in [2.05, 4.69) is 42.7 Å². The van der Waals surface area contributed by atoms with Crippen molar-refractivity contribution in [1.29, 1.82) is 0 Å². The number of aromatic nitrogens is 1. The van der Waals surface area contributed by atoms with E-state index in [-0.39, 0.29) is 23.3 Å². The highest BCUT2D eigenvalue weighted by atomic mass is 32.1. The van der Waals surface area contributed by atoms with Crippen LogP contribution in [0.2, 0.25) is 0 Å². The number of morpholine rings is 1. The number of alkyl halides is 2. The molecule has 1 aromatic carbocycles. The van der Waals surface area contributed by atoms with Crippen LogP contribution in [0.25, 0.3) is 0 Å². The summed E-state index contributed by atoms with van der Waals surface area (Å²) in [7, 11) is 0. The molecule has 0 amide bonds. The number of rotatable bonds is 5. The topological polar surface area (TPSA) is 34.6 Å². The van der Waals surface area contributed by atoms with E-state index in [1.165, 1.54) is 0 Å². The van der Waals surface area contributed by atoms with E-state index in [1.807, 2.05) is 12.1 Å². The average molecular weight is 397 g/mol. The van der Waals surface area contributed by atoms with Crippen LogP contribution < -0.4 is 4.74 Å². The van der Waals surface area contributed by atoms with Gasteiger partial charge in [-0.25, -0.2) is 4.98 Å². The molecule has 2 atom stereocenters. The lowest BCUT2D eigenvalue weighted by atomic mass is 9.93. The third-order valence-electron chi connectivity index (χ3n) is 4.80. The molecule has 0 N–H and O–H groups in total. The van der Waals surface area contributed by atoms with Gasteiger partial charge in [0.2, 0.25) is 0 Å². The predicted octanol–water partition coefficient (Wildman–Crippen LogP) is 5.18. The first-order chi connectivity index (χ1) is 12.7. The average Bonchev–Trinajstić information content (AvgIpc) is 3.12. The molecular formula is C20H26F2N2O2S. The quantitative estimate of drug-likeness (QED) is 0.698. The Bertz CT molecular complexity index is 743. The Balaban J connectivity index is 1.67. The predicted molar refractivity (Wildman–Crippen MR) is 103 cm³/mol. The van der Waals surface area contributed by atoms with E-state index >= 15 is 0 Å². The van der Waals surface area contributed by atoms with E-state index in [0.717, 1.165) is 29.4 Å². The van der Waals surface area contributed by atoms with Crippen molar-refractivity contribution in [2.75, 3.05) is 19.7 Å². The third kappa shape index (κ3) is 5.03. The summed E-state index contributed by atoms with van der Waals surface area (Å²) in [6.07, 6.45) is -0.0382. The molecule has 0 aliphatic carbocycles. The van der Waals surface area contributed by atoms with Crippen molar-refractivity contribution in [2.24, 2.45) is 0 Å². The Morgan fingerprint density at radius 2 is 1.96 bits per heavy atom. The fourth-order valence-corrected chi connectivity index (χ4v) is 4.17. The molecule has 2 heterocycles. The Labute approximate surface area is 163 Å². The van der Waals surface area contributed by atoms with Gasteiger partial charge in [0.15, 0.2) is 0 Å². The highest BCUT2D eigenvalue weighted by Crippen LogP contribution is 2.33. The van der Waals surface area contributed by atoms with Crippen LogP contribution in [0, 0.1) is 0 Å². The molecule has 3 rings (SSSR count). The van der Waals surface area contributed by atoms with Crippen molar-refractivity contribution in [3.05, 3.63) is 45.9 Å². The molecule has 1 fully saturated rings. The smallest absolute Gasteiger partial charge is 0.387 e. The molecule has 0 saturated carbocycles. The van der Waals surface area contributed by atoms with Gasteiger partial charge >= 0.3 is 6.61 Å². The SMILES string of the molecule is CC(c1ccc(OC(F)F)cc1)N1CCOC(c2nc(C(C)(C)C)cs2)C1. The van der Waals surface area contributed by atoms with Gasteiger partial charge in [0.25, 0.3) is 0 Å². The molecule has 4 nitrogen and oxygen atoms in total. The van der Waals surface area contributed by atoms with Crippen molar-refractivity contribution in [3.63, 3.8) is 0 Å². The number of thiazole rings is 1. The molecule has 1 aromatic heterocycles. The first-order valence-electron chi connectivity index (χ1n) is 9.10. The zero-order valence-electron chi connectivity index (χ0n) is 16.1. The summed E-state index contributed by atoms with van der Waals surface area (Å²) in [6.45, 7) is 8.01. The van der Waals surface area contributed by atoms with Gasteiger partial charge in [-0.3, -0.25) is 4.90 Å². The third-order valence-corrected chi connectivity index (χ3v) is 5.74. The Kier molecular flexibility index (Phi) is 6.13. The molecule has 1 saturated heterocycles. The fraction of sp³-hybridized carbons (Fsp3) is 0.550. The normalized spacial score (nSPS) is 20.0. The van der Waals surface area contributed by atoms with E-state index in [0.29, 0.717) is 6.61 Å². The number of hydrogen-bond acceptors (Lipinski definition) is 5. The van der Waals surface area contributed by atoms with Crippen LogP contribution in [-0.4, -0.2) is 36.2 Å². The monoisotopic (exact) mass is 396 g/mol. The molecule has 1 aliphatic rings. The zero-order valence-corrected chi connectivity index (χ0v) is 16.9. The van der Waals surface area contributed by atoms with E-state index < -0.39 is 6.61 Å². The minimum atomic E-state index is -2.80. The molecule has 148 valence electrons. The molecular weight excluding hydrogens is 370 g/mol. The van der Waals surface area contributed by atoms with Crippen LogP contribution in [-0.2, 0) is 10.2 Å². The summed E-state index contributed by atoms with van der Waals surface area (Å²) in [4.78, 5) is 7.13. The van der Waals surface area contributed by atoms with E-state index in [1.54, 1.807) is 23.5 Å². The van der Waals surface area contributed by atoms with E-state index in [4.69, 9.17) is 9.72 Å². The van der Waals surface area contributed by atoms with Crippen molar-refractivity contribution < 1.29 is 18.3 Å². The molecule has 27 heavy (non-hydrogen) atoms. The highest BCUT2D eigenvalue weighted by molar-refractivity contribution is 7.09. The maximum atomic E-state index is 12.3. The Morgan fingerprint density at radius 3 is 2.56 bits per heavy atom. The van der Waals surface area contributed by atoms with Crippen molar-refractivity contribution in [3.8, 4) is 5.75 Å². The maximum Gasteiger partial charge on any atom is 0.387 e. The number of nitrogens with zero attached hydrogens (tertiary/aromatic N) is 2. The van der Waals surface area contributed by atoms with Gasteiger partial charge in [-0.1, -0.05) is 32.9 Å². The van der Waals surface area contributed by atoms with Crippen molar-refractivity contribution in [1.82, 2.24) is 9.88 Å². The molecule has 0 bridgehead atoms. The molecule has 1 aliphatic heterocycles. The van der Waals surface area contributed by atoms with Gasteiger partial charge in [0.05, 0.1) is 12.3 Å². The lowest BCUT2D eigenvalue weighted by Gasteiger charge is -2.36. The number of benzene rings is 1. The second-order valence-corrected chi connectivity index (χ2v) is 8.69. The summed E-state index contributed by atoms with van der Waals surface area (Å²) in [5.74, 6) is 0.179. The largest absolute Gasteiger partial charge is 0.435 e. The summed E-state index contributed by atoms with van der Waals surface area (Å²) in [5.41, 5.74) is 2.18. The summed E-state index contributed by atoms with van der Waals surface area (Å²) in [5, 5.41) is 3.13. The Morgan fingerprint density at radius 1 is 1.26 bits per heavy atom. The number of ether oxygens (including phenoxy) is 2. The molecule has 2 unspecified atom stereocenters. The van der Waals surface area contributed by atoms with Gasteiger partial charge in [-0.2, -0.15) is 8.78 Å². The van der Waals surface area contributed by atoms with Gasteiger partial charge in [0, 0.05) is 29.9 Å². The van der Waals surface area contributed by atoms with Crippen LogP contribution in [0.3, 0.4) is 0 Å². The lowest BCUT2D eigenvalue weighted by molar-refractivity contribution is -0.0500. The molecule has 0 spiro atoms. The van der Waals surface area contributed by atoms with Gasteiger partial charge in [0.1, 0.15) is 16.9 Å². The van der Waals surface area contributed by atoms with Crippen LogP contribution in [0.5, 0.6) is 5.75 Å². The first kappa shape index (κ1) is 20.2. The van der Waals surface area contributed by atoms with Gasteiger partial charge in [-0.15, -0.1) is 11.3 Å². The van der Waals surface area contributed by atoms with Crippen molar-refractivity contribution >= 4 is 11.3 Å². The van der Waals surface area contributed by atoms with Gasteiger partial charge < -0.3 is 9.47 Å². The summed E-state index contributed by atoms with van der Waals surface area (Å²) < 4.78 is 35.0. The minimum absolute atomic E-state index is 0.0262. The summed E-state index contributed by atoms with van der Waals surface area (Å²) in [6, 6.07) is 7.01. The van der Waals surface area contributed by atoms with Gasteiger partial charge in [-0.05, 0) is 24.6 Å². The highest BCUT2D eigenvalue weighted by Gasteiger charge is 2.29. The minimum Gasteiger partial charge on any atom is -0.435 e. The van der Waals surface area contributed by atoms with Crippen molar-refractivity contribution in [2.45, 2.75) is 51.9 Å². The zero-order chi connectivity index (χ0) is 19.6. The lowest BCUT2D eigenvalue weighted by Crippen LogP contribution is -2.39. The summed E-state index contributed by atoms with van der Waals surface area (Å²) >= 11 is 1.65. The molecule has 7 heteroatoms. The standard InChI is InChI=1S/C20H26F2N2O2S/c1-13(14-5-7-15(8-6-14)26-19(21)22)24-9-10-25-16(11-24)18-23-17(12-27-18)20(2,3)4/h5-8,12-13,16,19H,9-11H2,1-4H3. The second-order valence-electron chi connectivity index (χ2n) is 7.80. The number of halogens is 2. The van der Waals surface area contributed by atoms with Crippen LogP contribution >= 0.6 is 11.3 Å².